The summed E-state index contributed by atoms with van der Waals surface area (Å²) in [5.74, 6) is 0.355. The van der Waals surface area contributed by atoms with E-state index in [1.54, 1.807) is 5.92 Å². The Bertz CT molecular complexity index is 543. The molecule has 0 radical (unpaired) electrons. The number of hydrogen-bond acceptors (Lipinski definition) is 1. The topological polar surface area (TPSA) is 17.1 Å². The molecule has 0 atom stereocenters. The molecule has 1 aromatic rings. The fourth-order valence-corrected chi connectivity index (χ4v) is 0.640. The standard InChI is InChI=1S/C10H5F3O/c1-2-9(14)7-3-5-8(6-4-7)10(11,12)13/h1,3-6H/i3D,4D,5D,6D. The number of Topliss-reactive ketones (excluding diaryl/α,β-unsaturated/α-hetero) is 1. The number of alkyl halides is 3. The molecule has 72 valence electrons. The predicted octanol–water partition coefficient (Wildman–Crippen LogP) is 2.52. The van der Waals surface area contributed by atoms with Gasteiger partial charge in [0.1, 0.15) is 0 Å². The van der Waals surface area contributed by atoms with Gasteiger partial charge >= 0.3 is 6.18 Å². The zero-order valence-electron chi connectivity index (χ0n) is 10.6. The van der Waals surface area contributed by atoms with E-state index in [0.29, 0.717) is 0 Å². The molecule has 1 nitrogen and oxygen atoms in total. The Morgan fingerprint density at radius 3 is 2.21 bits per heavy atom. The quantitative estimate of drug-likeness (QED) is 0.388. The van der Waals surface area contributed by atoms with E-state index in [2.05, 4.69) is 0 Å². The number of halogens is 3. The molecule has 4 heteroatoms. The van der Waals surface area contributed by atoms with E-state index in [-0.39, 0.29) is 0 Å². The van der Waals surface area contributed by atoms with E-state index in [1.165, 1.54) is 0 Å². The molecule has 0 saturated heterocycles. The lowest BCUT2D eigenvalue weighted by Gasteiger charge is -2.05. The van der Waals surface area contributed by atoms with Crippen LogP contribution in [0.5, 0.6) is 0 Å². The van der Waals surface area contributed by atoms with Crippen LogP contribution in [-0.2, 0) is 6.18 Å². The van der Waals surface area contributed by atoms with Gasteiger partial charge in [0.25, 0.3) is 0 Å². The second-order valence-corrected chi connectivity index (χ2v) is 2.22. The number of rotatable bonds is 1. The maximum absolute atomic E-state index is 12.6. The second-order valence-electron chi connectivity index (χ2n) is 2.22. The number of terminal acetylenes is 1. The Labute approximate surface area is 84.2 Å². The van der Waals surface area contributed by atoms with E-state index in [0.717, 1.165) is 0 Å². The number of hydrogen-bond donors (Lipinski definition) is 0. The average Bonchev–Trinajstić information content (AvgIpc) is 2.24. The van der Waals surface area contributed by atoms with Crippen LogP contribution in [-0.4, -0.2) is 5.78 Å². The fraction of sp³-hybridized carbons (Fsp3) is 0.100. The van der Waals surface area contributed by atoms with Crippen LogP contribution >= 0.6 is 0 Å². The number of benzene rings is 1. The molecular formula is C10H5F3O. The minimum atomic E-state index is -5.04. The summed E-state index contributed by atoms with van der Waals surface area (Å²) in [6.07, 6.45) is -0.289. The Morgan fingerprint density at radius 1 is 1.36 bits per heavy atom. The van der Waals surface area contributed by atoms with Gasteiger partial charge in [-0.15, -0.1) is 6.42 Å². The minimum Gasteiger partial charge on any atom is -0.279 e. The third-order valence-electron chi connectivity index (χ3n) is 1.27. The van der Waals surface area contributed by atoms with Crippen molar-refractivity contribution >= 4 is 5.78 Å². The third kappa shape index (κ3) is 2.13. The van der Waals surface area contributed by atoms with E-state index in [4.69, 9.17) is 11.9 Å². The molecule has 1 rings (SSSR count). The molecule has 0 aliphatic carbocycles. The smallest absolute Gasteiger partial charge is 0.279 e. The predicted molar refractivity (Wildman–Crippen MR) is 44.6 cm³/mol. The lowest BCUT2D eigenvalue weighted by molar-refractivity contribution is -0.137. The van der Waals surface area contributed by atoms with Crippen molar-refractivity contribution < 1.29 is 23.4 Å². The largest absolute Gasteiger partial charge is 0.416 e. The van der Waals surface area contributed by atoms with Crippen LogP contribution in [0.15, 0.2) is 24.2 Å². The van der Waals surface area contributed by atoms with Crippen LogP contribution in [0, 0.1) is 12.3 Å². The van der Waals surface area contributed by atoms with Crippen LogP contribution in [0.4, 0.5) is 13.2 Å². The molecule has 0 aliphatic heterocycles. The Hall–Kier alpha value is -1.76. The molecule has 0 saturated carbocycles. The summed E-state index contributed by atoms with van der Waals surface area (Å²) in [7, 11) is 0. The number of carbonyl (C=O) groups excluding carboxylic acids is 1. The highest BCUT2D eigenvalue weighted by Crippen LogP contribution is 2.28. The fourth-order valence-electron chi connectivity index (χ4n) is 0.640. The molecule has 0 amide bonds. The first-order valence-electron chi connectivity index (χ1n) is 5.31. The maximum atomic E-state index is 12.6. The van der Waals surface area contributed by atoms with Crippen molar-refractivity contribution in [2.45, 2.75) is 6.18 Å². The first-order chi connectivity index (χ1) is 8.12. The Morgan fingerprint density at radius 2 is 1.86 bits per heavy atom. The highest BCUT2D eigenvalue weighted by molar-refractivity contribution is 6.08. The Kier molecular flexibility index (Phi) is 1.48. The van der Waals surface area contributed by atoms with Crippen LogP contribution < -0.4 is 0 Å². The lowest BCUT2D eigenvalue weighted by atomic mass is 10.1. The van der Waals surface area contributed by atoms with Crippen molar-refractivity contribution in [3.63, 3.8) is 0 Å². The first kappa shape index (κ1) is 5.86. The monoisotopic (exact) mass is 202 g/mol. The van der Waals surface area contributed by atoms with Gasteiger partial charge in [0.05, 0.1) is 11.0 Å². The van der Waals surface area contributed by atoms with Crippen LogP contribution in [0.1, 0.15) is 21.4 Å². The molecule has 0 heterocycles. The Balaban J connectivity index is 3.79. The SMILES string of the molecule is [2H]c1c([2H])c(C(F)(F)F)c([2H])c([2H])c1C(=O)C#C. The van der Waals surface area contributed by atoms with Crippen LogP contribution in [0.2, 0.25) is 0 Å². The van der Waals surface area contributed by atoms with Gasteiger partial charge in [0.15, 0.2) is 0 Å². The summed E-state index contributed by atoms with van der Waals surface area (Å²) in [4.78, 5) is 11.2. The van der Waals surface area contributed by atoms with Crippen molar-refractivity contribution in [1.29, 1.82) is 0 Å². The van der Waals surface area contributed by atoms with Gasteiger partial charge in [0.2, 0.25) is 5.78 Å². The van der Waals surface area contributed by atoms with Gasteiger partial charge in [-0.05, 0) is 30.1 Å². The summed E-state index contributed by atoms with van der Waals surface area (Å²) in [6.45, 7) is 0. The highest BCUT2D eigenvalue weighted by atomic mass is 19.4. The third-order valence-corrected chi connectivity index (χ3v) is 1.27. The molecule has 14 heavy (non-hydrogen) atoms. The number of carbonyl (C=O) groups is 1. The van der Waals surface area contributed by atoms with Gasteiger partial charge in [-0.25, -0.2) is 0 Å². The highest BCUT2D eigenvalue weighted by Gasteiger charge is 2.30. The van der Waals surface area contributed by atoms with Crippen molar-refractivity contribution in [2.75, 3.05) is 0 Å². The molecule has 0 N–H and O–H groups in total. The normalized spacial score (nSPS) is 14.7. The summed E-state index contributed by atoms with van der Waals surface area (Å²) >= 11 is 0. The summed E-state index contributed by atoms with van der Waals surface area (Å²) in [6, 6.07) is -4.85. The van der Waals surface area contributed by atoms with Gasteiger partial charge in [0, 0.05) is 5.56 Å². The molecular weight excluding hydrogens is 193 g/mol. The van der Waals surface area contributed by atoms with Crippen molar-refractivity contribution in [3.8, 4) is 12.3 Å². The minimum absolute atomic E-state index is 0.833. The zero-order chi connectivity index (χ0) is 14.2. The molecule has 0 aliphatic rings. The molecule has 0 fully saturated rings. The van der Waals surface area contributed by atoms with E-state index in [9.17, 15) is 18.0 Å². The van der Waals surface area contributed by atoms with Crippen molar-refractivity contribution in [2.24, 2.45) is 0 Å². The van der Waals surface area contributed by atoms with Gasteiger partial charge in [-0.1, -0.05) is 0 Å². The average molecular weight is 202 g/mol. The van der Waals surface area contributed by atoms with Crippen molar-refractivity contribution in [1.82, 2.24) is 0 Å². The van der Waals surface area contributed by atoms with Gasteiger partial charge in [-0.2, -0.15) is 13.2 Å². The molecule has 0 aromatic heterocycles. The van der Waals surface area contributed by atoms with Gasteiger partial charge in [-0.3, -0.25) is 4.79 Å². The summed E-state index contributed by atoms with van der Waals surface area (Å²) < 4.78 is 66.5. The van der Waals surface area contributed by atoms with E-state index < -0.39 is 47.3 Å². The summed E-state index contributed by atoms with van der Waals surface area (Å²) in [5.41, 5.74) is -2.55. The zero-order valence-corrected chi connectivity index (χ0v) is 6.62. The number of ketones is 1. The van der Waals surface area contributed by atoms with E-state index in [1.807, 2.05) is 0 Å². The van der Waals surface area contributed by atoms with Crippen molar-refractivity contribution in [3.05, 3.63) is 35.3 Å². The van der Waals surface area contributed by atoms with Gasteiger partial charge < -0.3 is 0 Å². The molecule has 0 spiro atoms. The molecule has 1 aromatic carbocycles. The van der Waals surface area contributed by atoms with Crippen LogP contribution in [0.3, 0.4) is 0 Å². The molecule has 0 unspecified atom stereocenters. The maximum Gasteiger partial charge on any atom is 0.416 e. The first-order valence-corrected chi connectivity index (χ1v) is 3.31. The van der Waals surface area contributed by atoms with E-state index >= 15 is 0 Å². The summed E-state index contributed by atoms with van der Waals surface area (Å²) in [5, 5.41) is 0. The molecule has 0 bridgehead atoms. The second kappa shape index (κ2) is 3.54. The lowest BCUT2D eigenvalue weighted by Crippen LogP contribution is -2.05. The van der Waals surface area contributed by atoms with Crippen LogP contribution in [0.25, 0.3) is 0 Å².